The van der Waals surface area contributed by atoms with E-state index in [0.29, 0.717) is 24.4 Å². The number of benzene rings is 1. The zero-order chi connectivity index (χ0) is 18.3. The van der Waals surface area contributed by atoms with Gasteiger partial charge < -0.3 is 14.2 Å². The van der Waals surface area contributed by atoms with Gasteiger partial charge in [0.2, 0.25) is 10.0 Å². The number of nitrogens with zero attached hydrogens (tertiary/aromatic N) is 1. The topological polar surface area (TPSA) is 82.1 Å². The number of esters is 1. The van der Waals surface area contributed by atoms with Crippen molar-refractivity contribution >= 4 is 16.0 Å². The smallest absolute Gasteiger partial charge is 0.310 e. The summed E-state index contributed by atoms with van der Waals surface area (Å²) in [5, 5.41) is 0. The van der Waals surface area contributed by atoms with Crippen molar-refractivity contribution < 1.29 is 27.4 Å². The highest BCUT2D eigenvalue weighted by Crippen LogP contribution is 2.34. The predicted octanol–water partition coefficient (Wildman–Crippen LogP) is 1.84. The Morgan fingerprint density at radius 1 is 1.04 bits per heavy atom. The van der Waals surface area contributed by atoms with E-state index in [2.05, 4.69) is 0 Å². The number of carbonyl (C=O) groups is 1. The Morgan fingerprint density at radius 3 is 2.04 bits per heavy atom. The molecule has 0 aromatic heterocycles. The molecule has 0 aliphatic rings. The Balaban J connectivity index is 3.51. The minimum absolute atomic E-state index is 0.0249. The van der Waals surface area contributed by atoms with Crippen LogP contribution in [0.25, 0.3) is 0 Å². The molecule has 0 bridgehead atoms. The Bertz CT molecular complexity index is 667. The standard InChI is InChI=1S/C16H25NO6S/c1-6-17(7-2)24(19,20)15-11-14(22-5)13(21-4)9-12(15)10-16(18)23-8-3/h9,11H,6-8,10H2,1-5H3. The van der Waals surface area contributed by atoms with Crippen LogP contribution < -0.4 is 9.47 Å². The lowest BCUT2D eigenvalue weighted by Gasteiger charge is -2.21. The second-order valence-corrected chi connectivity index (χ2v) is 6.79. The summed E-state index contributed by atoms with van der Waals surface area (Å²) in [4.78, 5) is 11.9. The van der Waals surface area contributed by atoms with Crippen LogP contribution >= 0.6 is 0 Å². The van der Waals surface area contributed by atoms with E-state index >= 15 is 0 Å². The van der Waals surface area contributed by atoms with Gasteiger partial charge in [0, 0.05) is 19.2 Å². The van der Waals surface area contributed by atoms with Gasteiger partial charge in [-0.2, -0.15) is 4.31 Å². The Hall–Kier alpha value is -1.80. The molecule has 1 aromatic rings. The summed E-state index contributed by atoms with van der Waals surface area (Å²) in [7, 11) is -0.884. The van der Waals surface area contributed by atoms with E-state index in [9.17, 15) is 13.2 Å². The van der Waals surface area contributed by atoms with Crippen molar-refractivity contribution in [2.24, 2.45) is 0 Å². The van der Waals surface area contributed by atoms with Gasteiger partial charge >= 0.3 is 5.97 Å². The summed E-state index contributed by atoms with van der Waals surface area (Å²) < 4.78 is 42.5. The fourth-order valence-corrected chi connectivity index (χ4v) is 4.03. The Morgan fingerprint density at radius 2 is 1.58 bits per heavy atom. The molecule has 0 aliphatic heterocycles. The molecule has 1 aromatic carbocycles. The van der Waals surface area contributed by atoms with Crippen LogP contribution in [0.2, 0.25) is 0 Å². The number of carbonyl (C=O) groups excluding carboxylic acids is 1. The monoisotopic (exact) mass is 359 g/mol. The zero-order valence-electron chi connectivity index (χ0n) is 14.8. The molecule has 0 atom stereocenters. The minimum Gasteiger partial charge on any atom is -0.493 e. The van der Waals surface area contributed by atoms with Crippen LogP contribution in [0.4, 0.5) is 0 Å². The summed E-state index contributed by atoms with van der Waals surface area (Å²) in [5.74, 6) is 0.145. The molecule has 7 nitrogen and oxygen atoms in total. The molecular weight excluding hydrogens is 334 g/mol. The van der Waals surface area contributed by atoms with Gasteiger partial charge in [-0.05, 0) is 18.6 Å². The molecule has 1 rings (SSSR count). The summed E-state index contributed by atoms with van der Waals surface area (Å²) in [5.41, 5.74) is 0.318. The lowest BCUT2D eigenvalue weighted by molar-refractivity contribution is -0.142. The van der Waals surface area contributed by atoms with Crippen LogP contribution in [0.3, 0.4) is 0 Å². The van der Waals surface area contributed by atoms with Gasteiger partial charge in [-0.25, -0.2) is 8.42 Å². The fraction of sp³-hybridized carbons (Fsp3) is 0.562. The molecule has 0 amide bonds. The zero-order valence-corrected chi connectivity index (χ0v) is 15.6. The molecule has 0 fully saturated rings. The maximum Gasteiger partial charge on any atom is 0.310 e. The third-order valence-electron chi connectivity index (χ3n) is 3.53. The number of rotatable bonds is 9. The van der Waals surface area contributed by atoms with Crippen molar-refractivity contribution in [3.05, 3.63) is 17.7 Å². The Kier molecular flexibility index (Phi) is 7.50. The number of ether oxygens (including phenoxy) is 3. The van der Waals surface area contributed by atoms with Crippen LogP contribution in [-0.2, 0) is 26.0 Å². The van der Waals surface area contributed by atoms with Crippen LogP contribution in [0.5, 0.6) is 11.5 Å². The van der Waals surface area contributed by atoms with Crippen molar-refractivity contribution in [3.63, 3.8) is 0 Å². The van der Waals surface area contributed by atoms with E-state index in [1.165, 1.54) is 30.7 Å². The van der Waals surface area contributed by atoms with Crippen molar-refractivity contribution in [1.29, 1.82) is 0 Å². The van der Waals surface area contributed by atoms with Gasteiger partial charge in [0.1, 0.15) is 0 Å². The van der Waals surface area contributed by atoms with Gasteiger partial charge in [-0.3, -0.25) is 4.79 Å². The summed E-state index contributed by atoms with van der Waals surface area (Å²) in [6.45, 7) is 6.09. The molecular formula is C16H25NO6S. The summed E-state index contributed by atoms with van der Waals surface area (Å²) in [6, 6.07) is 2.90. The molecule has 0 unspecified atom stereocenters. The fourth-order valence-electron chi connectivity index (χ4n) is 2.35. The van der Waals surface area contributed by atoms with Crippen molar-refractivity contribution in [3.8, 4) is 11.5 Å². The third kappa shape index (κ3) is 4.39. The first kappa shape index (κ1) is 20.2. The number of hydrogen-bond donors (Lipinski definition) is 0. The van der Waals surface area contributed by atoms with Crippen LogP contribution in [0.15, 0.2) is 17.0 Å². The average Bonchev–Trinajstić information content (AvgIpc) is 2.55. The van der Waals surface area contributed by atoms with Gasteiger partial charge in [0.05, 0.1) is 32.1 Å². The molecule has 0 saturated heterocycles. The Labute approximate surface area is 143 Å². The van der Waals surface area contributed by atoms with Crippen molar-refractivity contribution in [2.75, 3.05) is 33.9 Å². The average molecular weight is 359 g/mol. The number of hydrogen-bond acceptors (Lipinski definition) is 6. The SMILES string of the molecule is CCOC(=O)Cc1cc(OC)c(OC)cc1S(=O)(=O)N(CC)CC. The van der Waals surface area contributed by atoms with Crippen LogP contribution in [-0.4, -0.2) is 52.6 Å². The van der Waals surface area contributed by atoms with E-state index in [0.717, 1.165) is 0 Å². The van der Waals surface area contributed by atoms with E-state index in [-0.39, 0.29) is 23.7 Å². The normalized spacial score (nSPS) is 11.4. The first-order chi connectivity index (χ1) is 11.3. The molecule has 24 heavy (non-hydrogen) atoms. The lowest BCUT2D eigenvalue weighted by Crippen LogP contribution is -2.31. The summed E-state index contributed by atoms with van der Waals surface area (Å²) in [6.07, 6.45) is -0.163. The first-order valence-corrected chi connectivity index (χ1v) is 9.20. The van der Waals surface area contributed by atoms with Crippen LogP contribution in [0.1, 0.15) is 26.3 Å². The number of methoxy groups -OCH3 is 2. The number of sulfonamides is 1. The highest BCUT2D eigenvalue weighted by molar-refractivity contribution is 7.89. The van der Waals surface area contributed by atoms with E-state index in [1.54, 1.807) is 20.8 Å². The quantitative estimate of drug-likeness (QED) is 0.626. The van der Waals surface area contributed by atoms with Crippen molar-refractivity contribution in [2.45, 2.75) is 32.1 Å². The van der Waals surface area contributed by atoms with E-state index in [1.807, 2.05) is 0 Å². The van der Waals surface area contributed by atoms with Crippen molar-refractivity contribution in [1.82, 2.24) is 4.31 Å². The predicted molar refractivity (Wildman–Crippen MR) is 90.0 cm³/mol. The largest absolute Gasteiger partial charge is 0.493 e. The lowest BCUT2D eigenvalue weighted by atomic mass is 10.1. The van der Waals surface area contributed by atoms with Gasteiger partial charge in [0.15, 0.2) is 11.5 Å². The van der Waals surface area contributed by atoms with E-state index in [4.69, 9.17) is 14.2 Å². The second-order valence-electron chi connectivity index (χ2n) is 4.89. The highest BCUT2D eigenvalue weighted by atomic mass is 32.2. The molecule has 0 aliphatic carbocycles. The van der Waals surface area contributed by atoms with E-state index < -0.39 is 16.0 Å². The van der Waals surface area contributed by atoms with Gasteiger partial charge in [-0.15, -0.1) is 0 Å². The van der Waals surface area contributed by atoms with Crippen LogP contribution in [0, 0.1) is 0 Å². The maximum atomic E-state index is 12.9. The van der Waals surface area contributed by atoms with Gasteiger partial charge in [-0.1, -0.05) is 13.8 Å². The molecule has 0 heterocycles. The van der Waals surface area contributed by atoms with Gasteiger partial charge in [0.25, 0.3) is 0 Å². The highest BCUT2D eigenvalue weighted by Gasteiger charge is 2.28. The second kappa shape index (κ2) is 8.89. The molecule has 0 saturated carbocycles. The summed E-state index contributed by atoms with van der Waals surface area (Å²) >= 11 is 0. The molecule has 136 valence electrons. The first-order valence-electron chi connectivity index (χ1n) is 7.76. The minimum atomic E-state index is -3.76. The third-order valence-corrected chi connectivity index (χ3v) is 5.66. The molecule has 8 heteroatoms. The molecule has 0 radical (unpaired) electrons. The molecule has 0 N–H and O–H groups in total. The maximum absolute atomic E-state index is 12.9. The molecule has 0 spiro atoms.